The van der Waals surface area contributed by atoms with Gasteiger partial charge in [-0.05, 0) is 31.6 Å². The van der Waals surface area contributed by atoms with Gasteiger partial charge in [0, 0.05) is 37.7 Å². The predicted octanol–water partition coefficient (Wildman–Crippen LogP) is 0.835. The first kappa shape index (κ1) is 11.5. The molecule has 0 radical (unpaired) electrons. The largest absolute Gasteiger partial charge is 0.352 e. The third kappa shape index (κ3) is 2.06. The predicted molar refractivity (Wildman–Crippen MR) is 73.6 cm³/mol. The Hall–Kier alpha value is -1.36. The van der Waals surface area contributed by atoms with E-state index in [4.69, 9.17) is 4.98 Å². The molecule has 1 saturated carbocycles. The van der Waals surface area contributed by atoms with Gasteiger partial charge in [0.1, 0.15) is 11.6 Å². The minimum Gasteiger partial charge on any atom is -0.352 e. The Morgan fingerprint density at radius 2 is 2.16 bits per heavy atom. The van der Waals surface area contributed by atoms with E-state index in [1.54, 1.807) is 6.07 Å². The fourth-order valence-electron chi connectivity index (χ4n) is 3.51. The first-order valence-electron chi connectivity index (χ1n) is 7.40. The minimum atomic E-state index is -0.0000189. The quantitative estimate of drug-likeness (QED) is 0.827. The zero-order valence-electron chi connectivity index (χ0n) is 11.1. The number of hydrogen-bond acceptors (Lipinski definition) is 4. The van der Waals surface area contributed by atoms with Gasteiger partial charge in [-0.3, -0.25) is 4.79 Å². The molecule has 3 heterocycles. The molecule has 2 N–H and O–H groups in total. The minimum absolute atomic E-state index is 0.0000189. The van der Waals surface area contributed by atoms with Crippen molar-refractivity contribution in [3.05, 3.63) is 22.2 Å². The smallest absolute Gasteiger partial charge is 0.252 e. The molecule has 0 bridgehead atoms. The number of aromatic nitrogens is 2. The summed E-state index contributed by atoms with van der Waals surface area (Å²) in [7, 11) is 0. The molecule has 2 aliphatic heterocycles. The lowest BCUT2D eigenvalue weighted by Crippen LogP contribution is -2.46. The van der Waals surface area contributed by atoms with Crippen molar-refractivity contribution in [2.24, 2.45) is 5.92 Å². The number of nitrogens with zero attached hydrogens (tertiary/aromatic N) is 2. The van der Waals surface area contributed by atoms with Crippen LogP contribution in [-0.4, -0.2) is 35.6 Å². The van der Waals surface area contributed by atoms with E-state index in [1.165, 1.54) is 25.7 Å². The van der Waals surface area contributed by atoms with Crippen molar-refractivity contribution >= 4 is 5.82 Å². The van der Waals surface area contributed by atoms with Crippen LogP contribution in [0.4, 0.5) is 5.82 Å². The van der Waals surface area contributed by atoms with E-state index in [1.807, 2.05) is 0 Å². The Balaban J connectivity index is 1.68. The monoisotopic (exact) mass is 260 g/mol. The number of nitrogens with one attached hydrogen (secondary N) is 2. The molecule has 102 valence electrons. The maximum absolute atomic E-state index is 11.8. The van der Waals surface area contributed by atoms with Crippen molar-refractivity contribution in [1.82, 2.24) is 15.3 Å². The first-order chi connectivity index (χ1) is 9.31. The molecule has 0 aromatic carbocycles. The third-order valence-corrected chi connectivity index (χ3v) is 4.68. The number of fused-ring (bicyclic) bond motifs is 1. The summed E-state index contributed by atoms with van der Waals surface area (Å²) in [6, 6.07) is 2.20. The van der Waals surface area contributed by atoms with Crippen molar-refractivity contribution in [1.29, 1.82) is 0 Å². The number of hydrogen-bond donors (Lipinski definition) is 2. The lowest BCUT2D eigenvalue weighted by molar-refractivity contribution is 0.382. The molecule has 5 heteroatoms. The topological polar surface area (TPSA) is 61.0 Å². The Morgan fingerprint density at radius 1 is 1.26 bits per heavy atom. The van der Waals surface area contributed by atoms with Crippen LogP contribution in [0.5, 0.6) is 0 Å². The fraction of sp³-hybridized carbons (Fsp3) is 0.714. The molecule has 2 saturated heterocycles. The molecule has 0 spiro atoms. The fourth-order valence-corrected chi connectivity index (χ4v) is 3.51. The zero-order chi connectivity index (χ0) is 12.8. The third-order valence-electron chi connectivity index (χ3n) is 4.68. The molecule has 5 nitrogen and oxygen atoms in total. The van der Waals surface area contributed by atoms with Gasteiger partial charge < -0.3 is 15.2 Å². The molecule has 19 heavy (non-hydrogen) atoms. The maximum Gasteiger partial charge on any atom is 0.252 e. The summed E-state index contributed by atoms with van der Waals surface area (Å²) in [6.07, 6.45) is 4.84. The standard InChI is InChI=1S/C14H20N4O/c19-13-6-12(16-14(17-13)9-3-4-9)18-5-1-2-10-7-15-8-11(10)18/h6,9-11,15H,1-5,7-8H2,(H,16,17,19). The number of H-pyrrole nitrogens is 1. The van der Waals surface area contributed by atoms with E-state index < -0.39 is 0 Å². The van der Waals surface area contributed by atoms with Gasteiger partial charge in [0.25, 0.3) is 5.56 Å². The molecule has 0 amide bonds. The average molecular weight is 260 g/mol. The summed E-state index contributed by atoms with van der Waals surface area (Å²) in [5, 5.41) is 3.47. The summed E-state index contributed by atoms with van der Waals surface area (Å²) in [4.78, 5) is 21.8. The molecule has 2 unspecified atom stereocenters. The summed E-state index contributed by atoms with van der Waals surface area (Å²) >= 11 is 0. The Bertz CT molecular complexity index is 536. The van der Waals surface area contributed by atoms with E-state index in [0.717, 1.165) is 37.2 Å². The summed E-state index contributed by atoms with van der Waals surface area (Å²) in [5.41, 5.74) is -0.0000189. The number of piperidine rings is 1. The number of anilines is 1. The Labute approximate surface area is 112 Å². The van der Waals surface area contributed by atoms with Crippen LogP contribution in [-0.2, 0) is 0 Å². The van der Waals surface area contributed by atoms with Crippen LogP contribution >= 0.6 is 0 Å². The molecule has 1 aromatic heterocycles. The summed E-state index contributed by atoms with van der Waals surface area (Å²) in [5.74, 6) is 3.01. The van der Waals surface area contributed by atoms with E-state index in [-0.39, 0.29) is 5.56 Å². The molecular formula is C14H20N4O. The highest BCUT2D eigenvalue weighted by Gasteiger charge is 2.36. The number of rotatable bonds is 2. The molecular weight excluding hydrogens is 240 g/mol. The van der Waals surface area contributed by atoms with Gasteiger partial charge in [0.15, 0.2) is 0 Å². The van der Waals surface area contributed by atoms with Crippen LogP contribution < -0.4 is 15.8 Å². The van der Waals surface area contributed by atoms with E-state index in [2.05, 4.69) is 15.2 Å². The van der Waals surface area contributed by atoms with Crippen molar-refractivity contribution < 1.29 is 0 Å². The highest BCUT2D eigenvalue weighted by atomic mass is 16.1. The lowest BCUT2D eigenvalue weighted by Gasteiger charge is -2.37. The normalized spacial score (nSPS) is 30.4. The zero-order valence-corrected chi connectivity index (χ0v) is 11.1. The van der Waals surface area contributed by atoms with Crippen molar-refractivity contribution in [2.45, 2.75) is 37.6 Å². The maximum atomic E-state index is 11.8. The van der Waals surface area contributed by atoms with Crippen LogP contribution in [0.25, 0.3) is 0 Å². The van der Waals surface area contributed by atoms with E-state index >= 15 is 0 Å². The lowest BCUT2D eigenvalue weighted by atomic mass is 9.92. The van der Waals surface area contributed by atoms with Crippen molar-refractivity contribution in [3.63, 3.8) is 0 Å². The molecule has 1 aromatic rings. The van der Waals surface area contributed by atoms with Crippen LogP contribution in [0.3, 0.4) is 0 Å². The second kappa shape index (κ2) is 4.34. The Kier molecular flexibility index (Phi) is 2.62. The molecule has 1 aliphatic carbocycles. The van der Waals surface area contributed by atoms with Crippen LogP contribution in [0.15, 0.2) is 10.9 Å². The van der Waals surface area contributed by atoms with Crippen LogP contribution in [0.1, 0.15) is 37.4 Å². The van der Waals surface area contributed by atoms with Crippen LogP contribution in [0, 0.1) is 5.92 Å². The molecule has 2 atom stereocenters. The second-order valence-electron chi connectivity index (χ2n) is 6.08. The molecule has 3 aliphatic rings. The van der Waals surface area contributed by atoms with Gasteiger partial charge in [0.2, 0.25) is 0 Å². The average Bonchev–Trinajstić information content (AvgIpc) is 3.15. The summed E-state index contributed by atoms with van der Waals surface area (Å²) < 4.78 is 0. The number of aromatic amines is 1. The van der Waals surface area contributed by atoms with Gasteiger partial charge in [-0.15, -0.1) is 0 Å². The van der Waals surface area contributed by atoms with Crippen LogP contribution in [0.2, 0.25) is 0 Å². The first-order valence-corrected chi connectivity index (χ1v) is 7.40. The van der Waals surface area contributed by atoms with Crippen molar-refractivity contribution in [3.8, 4) is 0 Å². The summed E-state index contributed by atoms with van der Waals surface area (Å²) in [6.45, 7) is 3.17. The van der Waals surface area contributed by atoms with Gasteiger partial charge in [-0.2, -0.15) is 0 Å². The molecule has 4 rings (SSSR count). The van der Waals surface area contributed by atoms with Crippen molar-refractivity contribution in [2.75, 3.05) is 24.5 Å². The second-order valence-corrected chi connectivity index (χ2v) is 6.08. The van der Waals surface area contributed by atoms with Gasteiger partial charge in [-0.1, -0.05) is 0 Å². The van der Waals surface area contributed by atoms with Gasteiger partial charge in [0.05, 0.1) is 0 Å². The van der Waals surface area contributed by atoms with Gasteiger partial charge >= 0.3 is 0 Å². The van der Waals surface area contributed by atoms with Gasteiger partial charge in [-0.25, -0.2) is 4.98 Å². The Morgan fingerprint density at radius 3 is 3.00 bits per heavy atom. The SMILES string of the molecule is O=c1cc(N2CCCC3CNCC32)nc(C2CC2)[nH]1. The highest BCUT2D eigenvalue weighted by Crippen LogP contribution is 2.38. The van der Waals surface area contributed by atoms with E-state index in [9.17, 15) is 4.79 Å². The highest BCUT2D eigenvalue weighted by molar-refractivity contribution is 5.41. The van der Waals surface area contributed by atoms with E-state index in [0.29, 0.717) is 12.0 Å². The molecule has 3 fully saturated rings.